The van der Waals surface area contributed by atoms with Crippen LogP contribution in [0.4, 0.5) is 0 Å². The Labute approximate surface area is 107 Å². The van der Waals surface area contributed by atoms with Crippen molar-refractivity contribution in [2.75, 3.05) is 12.8 Å². The molecule has 4 nitrogen and oxygen atoms in total. The summed E-state index contributed by atoms with van der Waals surface area (Å²) in [7, 11) is 1.85. The first-order valence-corrected chi connectivity index (χ1v) is 6.74. The van der Waals surface area contributed by atoms with Gasteiger partial charge >= 0.3 is 0 Å². The third kappa shape index (κ3) is 4.33. The van der Waals surface area contributed by atoms with Crippen molar-refractivity contribution < 1.29 is 0 Å². The van der Waals surface area contributed by atoms with Gasteiger partial charge < -0.3 is 5.32 Å². The van der Waals surface area contributed by atoms with Crippen molar-refractivity contribution in [3.63, 3.8) is 0 Å². The summed E-state index contributed by atoms with van der Waals surface area (Å²) in [6, 6.07) is 2.37. The fourth-order valence-corrected chi connectivity index (χ4v) is 2.35. The van der Waals surface area contributed by atoms with Crippen molar-refractivity contribution in [2.24, 2.45) is 0 Å². The van der Waals surface area contributed by atoms with Gasteiger partial charge in [0.2, 0.25) is 0 Å². The molecule has 0 aliphatic carbocycles. The minimum absolute atomic E-state index is 0.372. The summed E-state index contributed by atoms with van der Waals surface area (Å²) >= 11 is 1.68. The van der Waals surface area contributed by atoms with Crippen LogP contribution in [0, 0.1) is 11.3 Å². The summed E-state index contributed by atoms with van der Waals surface area (Å²) in [5.41, 5.74) is -0.372. The Morgan fingerprint density at radius 2 is 2.35 bits per heavy atom. The molecule has 0 bridgehead atoms. The van der Waals surface area contributed by atoms with Gasteiger partial charge in [-0.05, 0) is 32.1 Å². The van der Waals surface area contributed by atoms with Gasteiger partial charge in [-0.15, -0.1) is 11.8 Å². The smallest absolute Gasteiger partial charge is 0.114 e. The third-order valence-corrected chi connectivity index (χ3v) is 3.83. The summed E-state index contributed by atoms with van der Waals surface area (Å²) in [6.07, 6.45) is 7.81. The van der Waals surface area contributed by atoms with E-state index >= 15 is 0 Å². The number of rotatable bonds is 7. The molecule has 1 aromatic heterocycles. The Bertz CT molecular complexity index is 357. The summed E-state index contributed by atoms with van der Waals surface area (Å²) in [4.78, 5) is 8.21. The number of nitrogens with zero attached hydrogens (tertiary/aromatic N) is 3. The van der Waals surface area contributed by atoms with Crippen LogP contribution in [-0.4, -0.2) is 28.3 Å². The van der Waals surface area contributed by atoms with Crippen LogP contribution < -0.4 is 5.32 Å². The predicted molar refractivity (Wildman–Crippen MR) is 69.7 cm³/mol. The normalized spacial score (nSPS) is 13.9. The number of aromatic nitrogens is 2. The molecular weight excluding hydrogens is 232 g/mol. The molecule has 1 atom stereocenters. The first-order chi connectivity index (χ1) is 8.26. The highest BCUT2D eigenvalue weighted by molar-refractivity contribution is 7.99. The molecule has 0 saturated carbocycles. The molecule has 1 N–H and O–H groups in total. The zero-order chi connectivity index (χ0) is 12.6. The Hall–Kier alpha value is -1.12. The zero-order valence-electron chi connectivity index (χ0n) is 10.3. The highest BCUT2D eigenvalue weighted by Gasteiger charge is 2.24. The summed E-state index contributed by atoms with van der Waals surface area (Å²) < 4.78 is 0. The molecule has 1 rings (SSSR count). The van der Waals surface area contributed by atoms with Crippen LogP contribution in [0.25, 0.3) is 0 Å². The molecule has 0 aromatic carbocycles. The maximum atomic E-state index is 9.15. The maximum Gasteiger partial charge on any atom is 0.114 e. The number of thioether (sulfide) groups is 1. The van der Waals surface area contributed by atoms with E-state index in [0.717, 1.165) is 30.0 Å². The fourth-order valence-electron chi connectivity index (χ4n) is 1.58. The van der Waals surface area contributed by atoms with Gasteiger partial charge in [-0.2, -0.15) is 5.26 Å². The Morgan fingerprint density at radius 3 is 2.88 bits per heavy atom. The van der Waals surface area contributed by atoms with E-state index in [1.54, 1.807) is 30.4 Å². The van der Waals surface area contributed by atoms with Crippen molar-refractivity contribution >= 4 is 11.8 Å². The first kappa shape index (κ1) is 13.9. The molecule has 0 saturated heterocycles. The standard InChI is InChI=1S/C12H18N4S/c1-3-12(10-13,14-2)5-4-8-17-11-9-15-6-7-16-11/h6-7,9,14H,3-5,8H2,1-2H3. The van der Waals surface area contributed by atoms with Crippen LogP contribution in [0.3, 0.4) is 0 Å². The summed E-state index contributed by atoms with van der Waals surface area (Å²) in [5, 5.41) is 13.2. The average Bonchev–Trinajstić information content (AvgIpc) is 2.41. The number of hydrogen-bond acceptors (Lipinski definition) is 5. The number of hydrogen-bond donors (Lipinski definition) is 1. The Kier molecular flexibility index (Phi) is 5.95. The molecule has 1 aromatic rings. The fraction of sp³-hybridized carbons (Fsp3) is 0.583. The molecule has 0 aliphatic rings. The van der Waals surface area contributed by atoms with E-state index in [-0.39, 0.29) is 5.54 Å². The molecule has 5 heteroatoms. The number of nitriles is 1. The van der Waals surface area contributed by atoms with Gasteiger partial charge in [0.1, 0.15) is 10.6 Å². The SMILES string of the molecule is CCC(C#N)(CCCSc1cnccn1)NC. The molecule has 1 unspecified atom stereocenters. The lowest BCUT2D eigenvalue weighted by Gasteiger charge is -2.24. The second-order valence-electron chi connectivity index (χ2n) is 3.79. The quantitative estimate of drug-likeness (QED) is 0.594. The minimum Gasteiger partial charge on any atom is -0.302 e. The second kappa shape index (κ2) is 7.25. The molecule has 0 radical (unpaired) electrons. The zero-order valence-corrected chi connectivity index (χ0v) is 11.1. The second-order valence-corrected chi connectivity index (χ2v) is 4.91. The Morgan fingerprint density at radius 1 is 1.53 bits per heavy atom. The van der Waals surface area contributed by atoms with Gasteiger partial charge in [0.25, 0.3) is 0 Å². The van der Waals surface area contributed by atoms with E-state index in [1.165, 1.54) is 0 Å². The van der Waals surface area contributed by atoms with Crippen molar-refractivity contribution in [1.82, 2.24) is 15.3 Å². The van der Waals surface area contributed by atoms with Crippen LogP contribution in [0.15, 0.2) is 23.6 Å². The maximum absolute atomic E-state index is 9.15. The summed E-state index contributed by atoms with van der Waals surface area (Å²) in [5.74, 6) is 0.962. The molecule has 92 valence electrons. The predicted octanol–water partition coefficient (Wildman–Crippen LogP) is 2.24. The molecule has 0 amide bonds. The largest absolute Gasteiger partial charge is 0.302 e. The molecule has 17 heavy (non-hydrogen) atoms. The molecule has 0 aliphatic heterocycles. The van der Waals surface area contributed by atoms with Crippen LogP contribution in [0.2, 0.25) is 0 Å². The monoisotopic (exact) mass is 250 g/mol. The minimum atomic E-state index is -0.372. The molecule has 0 spiro atoms. The van der Waals surface area contributed by atoms with Crippen LogP contribution in [0.1, 0.15) is 26.2 Å². The van der Waals surface area contributed by atoms with Gasteiger partial charge in [-0.1, -0.05) is 6.92 Å². The van der Waals surface area contributed by atoms with E-state index in [9.17, 15) is 0 Å². The van der Waals surface area contributed by atoms with E-state index in [2.05, 4.69) is 21.4 Å². The first-order valence-electron chi connectivity index (χ1n) is 5.75. The van der Waals surface area contributed by atoms with Crippen LogP contribution in [0.5, 0.6) is 0 Å². The van der Waals surface area contributed by atoms with E-state index < -0.39 is 0 Å². The van der Waals surface area contributed by atoms with Crippen molar-refractivity contribution in [1.29, 1.82) is 5.26 Å². The van der Waals surface area contributed by atoms with Gasteiger partial charge in [0.15, 0.2) is 0 Å². The van der Waals surface area contributed by atoms with Gasteiger partial charge in [-0.25, -0.2) is 4.98 Å². The van der Waals surface area contributed by atoms with Crippen molar-refractivity contribution in [3.05, 3.63) is 18.6 Å². The van der Waals surface area contributed by atoms with Gasteiger partial charge in [0, 0.05) is 12.4 Å². The average molecular weight is 250 g/mol. The third-order valence-electron chi connectivity index (χ3n) is 2.83. The Balaban J connectivity index is 2.31. The van der Waals surface area contributed by atoms with E-state index in [0.29, 0.717) is 0 Å². The summed E-state index contributed by atoms with van der Waals surface area (Å²) in [6.45, 7) is 2.04. The van der Waals surface area contributed by atoms with Crippen LogP contribution >= 0.6 is 11.8 Å². The lowest BCUT2D eigenvalue weighted by atomic mass is 9.93. The lowest BCUT2D eigenvalue weighted by Crippen LogP contribution is -2.40. The van der Waals surface area contributed by atoms with Crippen molar-refractivity contribution in [2.45, 2.75) is 36.8 Å². The molecule has 0 fully saturated rings. The highest BCUT2D eigenvalue weighted by Crippen LogP contribution is 2.20. The molecule has 1 heterocycles. The highest BCUT2D eigenvalue weighted by atomic mass is 32.2. The van der Waals surface area contributed by atoms with Crippen molar-refractivity contribution in [3.8, 4) is 6.07 Å². The van der Waals surface area contributed by atoms with E-state index in [4.69, 9.17) is 5.26 Å². The van der Waals surface area contributed by atoms with Crippen LogP contribution in [-0.2, 0) is 0 Å². The van der Waals surface area contributed by atoms with Gasteiger partial charge in [0.05, 0.1) is 12.3 Å². The lowest BCUT2D eigenvalue weighted by molar-refractivity contribution is 0.400. The number of nitrogens with one attached hydrogen (secondary N) is 1. The van der Waals surface area contributed by atoms with Gasteiger partial charge in [-0.3, -0.25) is 4.98 Å². The molecular formula is C12H18N4S. The van der Waals surface area contributed by atoms with E-state index in [1.807, 2.05) is 14.0 Å². The topological polar surface area (TPSA) is 61.6 Å².